The van der Waals surface area contributed by atoms with Crippen LogP contribution < -0.4 is 5.32 Å². The molecular formula is C14H26BNO2. The molecule has 3 nitrogen and oxygen atoms in total. The molecule has 0 aromatic carbocycles. The summed E-state index contributed by atoms with van der Waals surface area (Å²) in [7, 11) is 0.0296. The molecule has 2 heterocycles. The number of nitrogens with one attached hydrogen (secondary N) is 1. The van der Waals surface area contributed by atoms with Crippen LogP contribution in [0.4, 0.5) is 0 Å². The normalized spacial score (nSPS) is 42.0. The highest BCUT2D eigenvalue weighted by atomic mass is 16.7. The number of hydrogen-bond donors (Lipinski definition) is 1. The fourth-order valence-corrected chi connectivity index (χ4v) is 3.40. The first-order chi connectivity index (χ1) is 8.41. The molecule has 102 valence electrons. The smallest absolute Gasteiger partial charge is 0.403 e. The second-order valence-electron chi connectivity index (χ2n) is 7.29. The van der Waals surface area contributed by atoms with Crippen molar-refractivity contribution in [3.63, 3.8) is 0 Å². The van der Waals surface area contributed by atoms with E-state index in [0.717, 1.165) is 11.8 Å². The van der Waals surface area contributed by atoms with E-state index in [1.165, 1.54) is 32.4 Å². The largest absolute Gasteiger partial charge is 0.461 e. The van der Waals surface area contributed by atoms with Crippen LogP contribution >= 0.6 is 0 Å². The van der Waals surface area contributed by atoms with Crippen molar-refractivity contribution in [1.29, 1.82) is 0 Å². The second kappa shape index (κ2) is 4.22. The highest BCUT2D eigenvalue weighted by molar-refractivity contribution is 6.48. The average molecular weight is 251 g/mol. The lowest BCUT2D eigenvalue weighted by Crippen LogP contribution is -2.41. The third kappa shape index (κ3) is 2.12. The lowest BCUT2D eigenvalue weighted by atomic mass is 9.77. The summed E-state index contributed by atoms with van der Waals surface area (Å²) in [6.45, 7) is 11.0. The zero-order valence-corrected chi connectivity index (χ0v) is 12.2. The molecule has 3 fully saturated rings. The Balaban J connectivity index is 1.59. The molecule has 3 atom stereocenters. The molecule has 18 heavy (non-hydrogen) atoms. The van der Waals surface area contributed by atoms with Gasteiger partial charge in [0.05, 0.1) is 11.2 Å². The van der Waals surface area contributed by atoms with Crippen LogP contribution in [-0.2, 0) is 9.31 Å². The molecule has 1 saturated carbocycles. The highest BCUT2D eigenvalue weighted by Crippen LogP contribution is 2.57. The molecule has 0 radical (unpaired) electrons. The van der Waals surface area contributed by atoms with Crippen molar-refractivity contribution in [3.05, 3.63) is 0 Å². The summed E-state index contributed by atoms with van der Waals surface area (Å²) in [5, 5.41) is 3.52. The van der Waals surface area contributed by atoms with Gasteiger partial charge in [-0.15, -0.1) is 0 Å². The van der Waals surface area contributed by atoms with E-state index >= 15 is 0 Å². The molecule has 0 bridgehead atoms. The quantitative estimate of drug-likeness (QED) is 0.765. The first-order valence-electron chi connectivity index (χ1n) is 7.47. The van der Waals surface area contributed by atoms with Crippen LogP contribution in [0.2, 0.25) is 5.82 Å². The first-order valence-corrected chi connectivity index (χ1v) is 7.47. The van der Waals surface area contributed by atoms with Crippen molar-refractivity contribution in [2.75, 3.05) is 13.1 Å². The minimum absolute atomic E-state index is 0.0296. The third-order valence-corrected chi connectivity index (χ3v) is 5.45. The Morgan fingerprint density at radius 2 is 1.78 bits per heavy atom. The lowest BCUT2D eigenvalue weighted by Gasteiger charge is -2.32. The van der Waals surface area contributed by atoms with Gasteiger partial charge < -0.3 is 14.6 Å². The molecule has 1 N–H and O–H groups in total. The van der Waals surface area contributed by atoms with Crippen molar-refractivity contribution >= 4 is 7.12 Å². The van der Waals surface area contributed by atoms with Gasteiger partial charge >= 0.3 is 7.12 Å². The Labute approximate surface area is 111 Å². The minimum atomic E-state index is -0.171. The highest BCUT2D eigenvalue weighted by Gasteiger charge is 2.60. The summed E-state index contributed by atoms with van der Waals surface area (Å²) in [4.78, 5) is 0. The Hall–Kier alpha value is -0.0551. The average Bonchev–Trinajstić information content (AvgIpc) is 3.04. The molecule has 0 aromatic rings. The van der Waals surface area contributed by atoms with Crippen LogP contribution in [0.25, 0.3) is 0 Å². The Kier molecular flexibility index (Phi) is 3.04. The topological polar surface area (TPSA) is 30.5 Å². The van der Waals surface area contributed by atoms with Gasteiger partial charge in [-0.05, 0) is 77.7 Å². The van der Waals surface area contributed by atoms with Gasteiger partial charge in [0.2, 0.25) is 0 Å². The predicted octanol–water partition coefficient (Wildman–Crippen LogP) is 2.47. The fraction of sp³-hybridized carbons (Fsp3) is 1.00. The van der Waals surface area contributed by atoms with E-state index < -0.39 is 0 Å². The van der Waals surface area contributed by atoms with Crippen LogP contribution in [0.15, 0.2) is 0 Å². The van der Waals surface area contributed by atoms with E-state index in [4.69, 9.17) is 9.31 Å². The molecule has 0 amide bonds. The number of hydrogen-bond acceptors (Lipinski definition) is 3. The van der Waals surface area contributed by atoms with Crippen molar-refractivity contribution in [2.24, 2.45) is 11.8 Å². The summed E-state index contributed by atoms with van der Waals surface area (Å²) < 4.78 is 12.3. The Morgan fingerprint density at radius 1 is 1.11 bits per heavy atom. The van der Waals surface area contributed by atoms with Gasteiger partial charge in [0.25, 0.3) is 0 Å². The van der Waals surface area contributed by atoms with E-state index in [9.17, 15) is 0 Å². The third-order valence-electron chi connectivity index (χ3n) is 5.45. The lowest BCUT2D eigenvalue weighted by molar-refractivity contribution is 0.00578. The van der Waals surface area contributed by atoms with E-state index in [2.05, 4.69) is 33.0 Å². The van der Waals surface area contributed by atoms with Gasteiger partial charge in [-0.25, -0.2) is 0 Å². The van der Waals surface area contributed by atoms with E-state index in [1.807, 2.05) is 0 Å². The number of rotatable bonds is 2. The van der Waals surface area contributed by atoms with E-state index in [-0.39, 0.29) is 18.3 Å². The summed E-state index contributed by atoms with van der Waals surface area (Å²) in [6.07, 6.45) is 4.01. The first kappa shape index (κ1) is 13.0. The second-order valence-corrected chi connectivity index (χ2v) is 7.29. The molecule has 3 unspecified atom stereocenters. The minimum Gasteiger partial charge on any atom is -0.403 e. The maximum atomic E-state index is 6.17. The fourth-order valence-electron chi connectivity index (χ4n) is 3.40. The van der Waals surface area contributed by atoms with Crippen LogP contribution in [0, 0.1) is 11.8 Å². The molecule has 3 aliphatic rings. The molecule has 0 aromatic heterocycles. The van der Waals surface area contributed by atoms with Gasteiger partial charge in [-0.1, -0.05) is 0 Å². The summed E-state index contributed by atoms with van der Waals surface area (Å²) >= 11 is 0. The van der Waals surface area contributed by atoms with E-state index in [0.29, 0.717) is 5.82 Å². The van der Waals surface area contributed by atoms with Gasteiger partial charge in [0.1, 0.15) is 0 Å². The maximum Gasteiger partial charge on any atom is 0.461 e. The van der Waals surface area contributed by atoms with Crippen LogP contribution in [-0.4, -0.2) is 31.4 Å². The van der Waals surface area contributed by atoms with Crippen molar-refractivity contribution in [1.82, 2.24) is 5.32 Å². The molecule has 2 saturated heterocycles. The van der Waals surface area contributed by atoms with Crippen molar-refractivity contribution < 1.29 is 9.31 Å². The predicted molar refractivity (Wildman–Crippen MR) is 73.5 cm³/mol. The Morgan fingerprint density at radius 3 is 2.33 bits per heavy atom. The van der Waals surface area contributed by atoms with Gasteiger partial charge in [0, 0.05) is 0 Å². The zero-order valence-electron chi connectivity index (χ0n) is 12.2. The monoisotopic (exact) mass is 251 g/mol. The number of piperidine rings is 1. The van der Waals surface area contributed by atoms with Gasteiger partial charge in [-0.3, -0.25) is 0 Å². The molecule has 0 spiro atoms. The maximum absolute atomic E-state index is 6.17. The summed E-state index contributed by atoms with van der Waals surface area (Å²) in [6, 6.07) is 0. The summed E-state index contributed by atoms with van der Waals surface area (Å²) in [5.41, 5.74) is -0.342. The molecule has 3 rings (SSSR count). The molecule has 4 heteroatoms. The van der Waals surface area contributed by atoms with Crippen LogP contribution in [0.5, 0.6) is 0 Å². The molecular weight excluding hydrogens is 225 g/mol. The zero-order chi connectivity index (χ0) is 13.0. The van der Waals surface area contributed by atoms with Crippen molar-refractivity contribution in [3.8, 4) is 0 Å². The standard InChI is InChI=1S/C14H26BNO2/c1-13(2)14(3,4)18-15(17-13)12-8-11(12)10-6-5-7-16-9-10/h10-12,16H,5-9H2,1-4H3. The van der Waals surface area contributed by atoms with E-state index in [1.54, 1.807) is 0 Å². The van der Waals surface area contributed by atoms with Gasteiger partial charge in [-0.2, -0.15) is 0 Å². The van der Waals surface area contributed by atoms with Crippen LogP contribution in [0.1, 0.15) is 47.0 Å². The van der Waals surface area contributed by atoms with Crippen molar-refractivity contribution in [2.45, 2.75) is 64.0 Å². The van der Waals surface area contributed by atoms with Crippen LogP contribution in [0.3, 0.4) is 0 Å². The molecule has 2 aliphatic heterocycles. The molecule has 1 aliphatic carbocycles. The SMILES string of the molecule is CC1(C)OB(C2CC2C2CCCNC2)OC1(C)C. The van der Waals surface area contributed by atoms with Gasteiger partial charge in [0.15, 0.2) is 0 Å². The summed E-state index contributed by atoms with van der Waals surface area (Å²) in [5.74, 6) is 2.31. The Bertz CT molecular complexity index is 310.